The molecule has 0 amide bonds. The molecule has 0 fully saturated rings. The third-order valence-electron chi connectivity index (χ3n) is 2.53. The highest BCUT2D eigenvalue weighted by molar-refractivity contribution is 6.32. The highest BCUT2D eigenvalue weighted by atomic mass is 35.5. The van der Waals surface area contributed by atoms with Crippen LogP contribution in [-0.4, -0.2) is 16.5 Å². The molecule has 0 atom stereocenters. The molecule has 5 heteroatoms. The first-order valence-corrected chi connectivity index (χ1v) is 6.50. The van der Waals surface area contributed by atoms with Gasteiger partial charge in [-0.3, -0.25) is 4.98 Å². The van der Waals surface area contributed by atoms with Crippen LogP contribution in [0.2, 0.25) is 5.02 Å². The molecule has 2 aromatic rings. The molecule has 0 unspecified atom stereocenters. The molecular weight excluding hydrogens is 262 g/mol. The summed E-state index contributed by atoms with van der Waals surface area (Å²) in [6.07, 6.45) is 3.39. The Labute approximate surface area is 117 Å². The van der Waals surface area contributed by atoms with Crippen LogP contribution in [-0.2, 0) is 6.61 Å². The van der Waals surface area contributed by atoms with Crippen LogP contribution in [0.25, 0.3) is 0 Å². The quantitative estimate of drug-likeness (QED) is 0.909. The maximum Gasteiger partial charge on any atom is 0.144 e. The molecule has 0 bridgehead atoms. The third-order valence-corrected chi connectivity index (χ3v) is 2.84. The van der Waals surface area contributed by atoms with Crippen LogP contribution in [0, 0.1) is 6.92 Å². The molecule has 0 aliphatic rings. The number of anilines is 1. The standard InChI is InChI=1S/C14H16ClN3O/c1-3-16-14-8-17-11(7-18-14)9-19-13-6-10(2)4-5-12(13)15/h4-8H,3,9H2,1-2H3,(H,16,18). The van der Waals surface area contributed by atoms with E-state index < -0.39 is 0 Å². The predicted octanol–water partition coefficient (Wildman–Crippen LogP) is 3.45. The van der Waals surface area contributed by atoms with Gasteiger partial charge in [0.25, 0.3) is 0 Å². The number of rotatable bonds is 5. The number of nitrogens with zero attached hydrogens (tertiary/aromatic N) is 2. The maximum atomic E-state index is 6.06. The van der Waals surface area contributed by atoms with Crippen molar-refractivity contribution < 1.29 is 4.74 Å². The van der Waals surface area contributed by atoms with Gasteiger partial charge in [-0.05, 0) is 31.5 Å². The number of ether oxygens (including phenoxy) is 1. The van der Waals surface area contributed by atoms with Gasteiger partial charge in [0.15, 0.2) is 0 Å². The van der Waals surface area contributed by atoms with E-state index in [1.54, 1.807) is 12.4 Å². The highest BCUT2D eigenvalue weighted by Crippen LogP contribution is 2.25. The van der Waals surface area contributed by atoms with Gasteiger partial charge < -0.3 is 10.1 Å². The molecule has 0 saturated heterocycles. The van der Waals surface area contributed by atoms with Crippen molar-refractivity contribution in [2.24, 2.45) is 0 Å². The zero-order chi connectivity index (χ0) is 13.7. The molecule has 1 aromatic heterocycles. The Balaban J connectivity index is 2.00. The van der Waals surface area contributed by atoms with Crippen LogP contribution >= 0.6 is 11.6 Å². The maximum absolute atomic E-state index is 6.06. The molecule has 1 heterocycles. The number of aromatic nitrogens is 2. The van der Waals surface area contributed by atoms with Crippen LogP contribution in [0.3, 0.4) is 0 Å². The summed E-state index contributed by atoms with van der Waals surface area (Å²) in [6, 6.07) is 5.68. The van der Waals surface area contributed by atoms with Crippen molar-refractivity contribution in [3.63, 3.8) is 0 Å². The topological polar surface area (TPSA) is 47.0 Å². The molecule has 0 saturated carbocycles. The fraction of sp³-hybridized carbons (Fsp3) is 0.286. The lowest BCUT2D eigenvalue weighted by molar-refractivity contribution is 0.301. The van der Waals surface area contributed by atoms with E-state index in [2.05, 4.69) is 15.3 Å². The largest absolute Gasteiger partial charge is 0.486 e. The van der Waals surface area contributed by atoms with E-state index in [-0.39, 0.29) is 0 Å². The van der Waals surface area contributed by atoms with Crippen LogP contribution in [0.15, 0.2) is 30.6 Å². The Bertz CT molecular complexity index is 543. The molecule has 0 aliphatic carbocycles. The van der Waals surface area contributed by atoms with Crippen molar-refractivity contribution in [3.05, 3.63) is 46.9 Å². The summed E-state index contributed by atoms with van der Waals surface area (Å²) in [5.74, 6) is 1.43. The number of aryl methyl sites for hydroxylation is 1. The number of benzene rings is 1. The van der Waals surface area contributed by atoms with Gasteiger partial charge in [-0.1, -0.05) is 17.7 Å². The second-order valence-corrected chi connectivity index (χ2v) is 4.55. The first-order chi connectivity index (χ1) is 9.19. The van der Waals surface area contributed by atoms with Crippen molar-refractivity contribution in [1.29, 1.82) is 0 Å². The van der Waals surface area contributed by atoms with Crippen molar-refractivity contribution in [2.45, 2.75) is 20.5 Å². The summed E-state index contributed by atoms with van der Waals surface area (Å²) in [5, 5.41) is 3.69. The molecule has 0 aliphatic heterocycles. The van der Waals surface area contributed by atoms with E-state index in [0.717, 1.165) is 23.6 Å². The second kappa shape index (κ2) is 6.38. The second-order valence-electron chi connectivity index (χ2n) is 4.15. The lowest BCUT2D eigenvalue weighted by Gasteiger charge is -2.08. The van der Waals surface area contributed by atoms with Crippen molar-refractivity contribution >= 4 is 17.4 Å². The third kappa shape index (κ3) is 3.83. The van der Waals surface area contributed by atoms with Gasteiger partial charge in [0, 0.05) is 6.54 Å². The fourth-order valence-corrected chi connectivity index (χ4v) is 1.75. The van der Waals surface area contributed by atoms with Crippen molar-refractivity contribution in [2.75, 3.05) is 11.9 Å². The molecular formula is C14H16ClN3O. The Kier molecular flexibility index (Phi) is 4.58. The zero-order valence-corrected chi connectivity index (χ0v) is 11.7. The molecule has 0 radical (unpaired) electrons. The van der Waals surface area contributed by atoms with Crippen LogP contribution in [0.1, 0.15) is 18.2 Å². The average molecular weight is 278 g/mol. The van der Waals surface area contributed by atoms with Gasteiger partial charge in [0.05, 0.1) is 23.1 Å². The Morgan fingerprint density at radius 1 is 1.26 bits per heavy atom. The molecule has 0 spiro atoms. The molecule has 2 rings (SSSR count). The van der Waals surface area contributed by atoms with Gasteiger partial charge in [0.1, 0.15) is 18.2 Å². The van der Waals surface area contributed by atoms with Gasteiger partial charge in [-0.2, -0.15) is 0 Å². The monoisotopic (exact) mass is 277 g/mol. The average Bonchev–Trinajstić information content (AvgIpc) is 2.42. The van der Waals surface area contributed by atoms with E-state index in [1.807, 2.05) is 32.0 Å². The van der Waals surface area contributed by atoms with E-state index in [0.29, 0.717) is 17.4 Å². The Morgan fingerprint density at radius 3 is 2.79 bits per heavy atom. The van der Waals surface area contributed by atoms with E-state index in [9.17, 15) is 0 Å². The highest BCUT2D eigenvalue weighted by Gasteiger charge is 2.03. The van der Waals surface area contributed by atoms with Crippen molar-refractivity contribution in [3.8, 4) is 5.75 Å². The molecule has 1 aromatic carbocycles. The minimum absolute atomic E-state index is 0.350. The van der Waals surface area contributed by atoms with Crippen LogP contribution in [0.5, 0.6) is 5.75 Å². The summed E-state index contributed by atoms with van der Waals surface area (Å²) in [6.45, 7) is 5.18. The summed E-state index contributed by atoms with van der Waals surface area (Å²) >= 11 is 6.06. The first kappa shape index (κ1) is 13.6. The predicted molar refractivity (Wildman–Crippen MR) is 76.7 cm³/mol. The Morgan fingerprint density at radius 2 is 2.11 bits per heavy atom. The first-order valence-electron chi connectivity index (χ1n) is 6.12. The van der Waals surface area contributed by atoms with Gasteiger partial charge in [-0.15, -0.1) is 0 Å². The van der Waals surface area contributed by atoms with Crippen molar-refractivity contribution in [1.82, 2.24) is 9.97 Å². The van der Waals surface area contributed by atoms with Crippen LogP contribution < -0.4 is 10.1 Å². The van der Waals surface area contributed by atoms with Gasteiger partial charge in [0.2, 0.25) is 0 Å². The summed E-state index contributed by atoms with van der Waals surface area (Å²) < 4.78 is 5.65. The fourth-order valence-electron chi connectivity index (χ4n) is 1.57. The molecule has 4 nitrogen and oxygen atoms in total. The summed E-state index contributed by atoms with van der Waals surface area (Å²) in [7, 11) is 0. The minimum Gasteiger partial charge on any atom is -0.486 e. The number of halogens is 1. The SMILES string of the molecule is CCNc1cnc(COc2cc(C)ccc2Cl)cn1. The summed E-state index contributed by atoms with van der Waals surface area (Å²) in [5.41, 5.74) is 1.87. The van der Waals surface area contributed by atoms with E-state index in [1.165, 1.54) is 0 Å². The normalized spacial score (nSPS) is 10.3. The molecule has 19 heavy (non-hydrogen) atoms. The van der Waals surface area contributed by atoms with E-state index >= 15 is 0 Å². The van der Waals surface area contributed by atoms with Gasteiger partial charge >= 0.3 is 0 Å². The smallest absolute Gasteiger partial charge is 0.144 e. The van der Waals surface area contributed by atoms with Gasteiger partial charge in [-0.25, -0.2) is 4.98 Å². The lowest BCUT2D eigenvalue weighted by Crippen LogP contribution is -2.03. The van der Waals surface area contributed by atoms with E-state index in [4.69, 9.17) is 16.3 Å². The number of hydrogen-bond donors (Lipinski definition) is 1. The summed E-state index contributed by atoms with van der Waals surface area (Å²) in [4.78, 5) is 8.51. The Hall–Kier alpha value is -1.81. The lowest BCUT2D eigenvalue weighted by atomic mass is 10.2. The zero-order valence-electron chi connectivity index (χ0n) is 11.0. The van der Waals surface area contributed by atoms with Crippen LogP contribution in [0.4, 0.5) is 5.82 Å². The molecule has 100 valence electrons. The number of nitrogens with one attached hydrogen (secondary N) is 1. The minimum atomic E-state index is 0.350. The number of hydrogen-bond acceptors (Lipinski definition) is 4. The molecule has 1 N–H and O–H groups in total.